The first-order valence-corrected chi connectivity index (χ1v) is 9.42. The van der Waals surface area contributed by atoms with Crippen LogP contribution in [0.4, 0.5) is 0 Å². The van der Waals surface area contributed by atoms with Crippen LogP contribution in [-0.4, -0.2) is 22.8 Å². The molecule has 0 N–H and O–H groups in total. The Labute approximate surface area is 117 Å². The predicted octanol–water partition coefficient (Wildman–Crippen LogP) is 4.22. The molecule has 2 fully saturated rings. The van der Waals surface area contributed by atoms with Crippen molar-refractivity contribution in [1.82, 2.24) is 0 Å². The van der Waals surface area contributed by atoms with E-state index < -0.39 is 8.56 Å². The summed E-state index contributed by atoms with van der Waals surface area (Å²) in [6.45, 7) is 0. The molecule has 2 aliphatic carbocycles. The van der Waals surface area contributed by atoms with Gasteiger partial charge in [0.1, 0.15) is 0 Å². The maximum atomic E-state index is 6.00. The third kappa shape index (κ3) is 2.18. The van der Waals surface area contributed by atoms with E-state index in [9.17, 15) is 0 Å². The zero-order chi connectivity index (χ0) is 13.3. The predicted molar refractivity (Wildman–Crippen MR) is 79.5 cm³/mol. The molecule has 0 saturated heterocycles. The Morgan fingerprint density at radius 3 is 2.05 bits per heavy atom. The normalized spacial score (nSPS) is 27.7. The van der Waals surface area contributed by atoms with Gasteiger partial charge in [-0.3, -0.25) is 0 Å². The highest BCUT2D eigenvalue weighted by atomic mass is 28.4. The van der Waals surface area contributed by atoms with E-state index in [1.807, 2.05) is 14.2 Å². The average Bonchev–Trinajstić information content (AvgIpc) is 2.34. The molecule has 3 heteroatoms. The lowest BCUT2D eigenvalue weighted by Crippen LogP contribution is -2.54. The number of hydrogen-bond acceptors (Lipinski definition) is 2. The molecule has 19 heavy (non-hydrogen) atoms. The molecule has 1 aromatic carbocycles. The van der Waals surface area contributed by atoms with Crippen LogP contribution in [0.15, 0.2) is 30.3 Å². The van der Waals surface area contributed by atoms with Gasteiger partial charge < -0.3 is 8.85 Å². The van der Waals surface area contributed by atoms with E-state index in [-0.39, 0.29) is 0 Å². The standard InChI is InChI=1S/C16H24O2Si/c1-17-19(18-2,15-9-6-10-15)16-11-14(12-16)13-7-4-3-5-8-13/h3-5,7-8,14-16H,6,9-12H2,1-2H3. The van der Waals surface area contributed by atoms with Crippen molar-refractivity contribution in [3.8, 4) is 0 Å². The lowest BCUT2D eigenvalue weighted by Gasteiger charge is -2.50. The minimum Gasteiger partial charge on any atom is -0.397 e. The summed E-state index contributed by atoms with van der Waals surface area (Å²) in [7, 11) is 1.81. The van der Waals surface area contributed by atoms with E-state index in [1.54, 1.807) is 0 Å². The number of rotatable bonds is 5. The fraction of sp³-hybridized carbons (Fsp3) is 0.625. The quantitative estimate of drug-likeness (QED) is 0.750. The van der Waals surface area contributed by atoms with Crippen molar-refractivity contribution in [2.45, 2.75) is 49.1 Å². The van der Waals surface area contributed by atoms with Gasteiger partial charge in [-0.25, -0.2) is 0 Å². The van der Waals surface area contributed by atoms with Crippen molar-refractivity contribution >= 4 is 8.56 Å². The maximum absolute atomic E-state index is 6.00. The Hall–Kier alpha value is -0.643. The molecule has 0 aliphatic heterocycles. The van der Waals surface area contributed by atoms with E-state index in [0.717, 1.165) is 11.5 Å². The second kappa shape index (κ2) is 5.39. The first kappa shape index (κ1) is 13.3. The summed E-state index contributed by atoms with van der Waals surface area (Å²) >= 11 is 0. The monoisotopic (exact) mass is 276 g/mol. The smallest absolute Gasteiger partial charge is 0.344 e. The first-order chi connectivity index (χ1) is 9.30. The van der Waals surface area contributed by atoms with E-state index >= 15 is 0 Å². The lowest BCUT2D eigenvalue weighted by atomic mass is 9.79. The van der Waals surface area contributed by atoms with Crippen LogP contribution in [0.25, 0.3) is 0 Å². The molecule has 2 aliphatic rings. The van der Waals surface area contributed by atoms with Crippen LogP contribution in [0.3, 0.4) is 0 Å². The molecule has 0 spiro atoms. The Morgan fingerprint density at radius 2 is 1.58 bits per heavy atom. The molecule has 0 amide bonds. The third-order valence-corrected chi connectivity index (χ3v) is 9.89. The van der Waals surface area contributed by atoms with Gasteiger partial charge in [0.05, 0.1) is 0 Å². The van der Waals surface area contributed by atoms with E-state index in [4.69, 9.17) is 8.85 Å². The van der Waals surface area contributed by atoms with E-state index in [1.165, 1.54) is 37.7 Å². The van der Waals surface area contributed by atoms with Crippen molar-refractivity contribution in [3.05, 3.63) is 35.9 Å². The molecule has 0 aromatic heterocycles. The Bertz CT molecular complexity index is 406. The average molecular weight is 276 g/mol. The van der Waals surface area contributed by atoms with Crippen LogP contribution in [-0.2, 0) is 8.85 Å². The fourth-order valence-corrected chi connectivity index (χ4v) is 8.44. The Kier molecular flexibility index (Phi) is 3.78. The van der Waals surface area contributed by atoms with Crippen LogP contribution in [0.1, 0.15) is 43.6 Å². The largest absolute Gasteiger partial charge is 0.397 e. The summed E-state index contributed by atoms with van der Waals surface area (Å²) in [5.41, 5.74) is 2.92. The Morgan fingerprint density at radius 1 is 0.947 bits per heavy atom. The van der Waals surface area contributed by atoms with Gasteiger partial charge in [-0.15, -0.1) is 0 Å². The molecule has 2 saturated carbocycles. The second-order valence-electron chi connectivity index (χ2n) is 6.03. The summed E-state index contributed by atoms with van der Waals surface area (Å²) in [6.07, 6.45) is 6.52. The summed E-state index contributed by atoms with van der Waals surface area (Å²) < 4.78 is 12.0. The first-order valence-electron chi connectivity index (χ1n) is 7.45. The summed E-state index contributed by atoms with van der Waals surface area (Å²) in [4.78, 5) is 0. The van der Waals surface area contributed by atoms with Crippen molar-refractivity contribution in [2.24, 2.45) is 0 Å². The van der Waals surface area contributed by atoms with E-state index in [2.05, 4.69) is 30.3 Å². The van der Waals surface area contributed by atoms with Crippen LogP contribution >= 0.6 is 0 Å². The molecule has 2 nitrogen and oxygen atoms in total. The van der Waals surface area contributed by atoms with E-state index in [0.29, 0.717) is 5.54 Å². The minimum atomic E-state index is -1.95. The highest BCUT2D eigenvalue weighted by molar-refractivity contribution is 6.71. The van der Waals surface area contributed by atoms with Gasteiger partial charge in [-0.2, -0.15) is 0 Å². The third-order valence-electron chi connectivity index (χ3n) is 5.29. The Balaban J connectivity index is 1.67. The summed E-state index contributed by atoms with van der Waals surface area (Å²) in [5, 5.41) is 0. The SMILES string of the molecule is CO[Si](OC)(C1CCC1)C1CC(c2ccccc2)C1. The van der Waals surface area contributed by atoms with Crippen LogP contribution < -0.4 is 0 Å². The fourth-order valence-electron chi connectivity index (χ4n) is 3.84. The van der Waals surface area contributed by atoms with Crippen LogP contribution in [0.5, 0.6) is 0 Å². The topological polar surface area (TPSA) is 18.5 Å². The van der Waals surface area contributed by atoms with Gasteiger partial charge in [0.25, 0.3) is 0 Å². The van der Waals surface area contributed by atoms with Crippen molar-refractivity contribution in [1.29, 1.82) is 0 Å². The van der Waals surface area contributed by atoms with Gasteiger partial charge in [0.15, 0.2) is 0 Å². The molecule has 0 bridgehead atoms. The van der Waals surface area contributed by atoms with Gasteiger partial charge in [-0.1, -0.05) is 36.8 Å². The molecular formula is C16H24O2Si. The van der Waals surface area contributed by atoms with Gasteiger partial charge in [0.2, 0.25) is 0 Å². The highest BCUT2D eigenvalue weighted by Gasteiger charge is 2.57. The molecule has 104 valence electrons. The molecule has 0 unspecified atom stereocenters. The summed E-state index contributed by atoms with van der Waals surface area (Å²) in [6, 6.07) is 10.9. The molecule has 3 rings (SSSR count). The minimum absolute atomic E-state index is 0.693. The second-order valence-corrected chi connectivity index (χ2v) is 9.93. The van der Waals surface area contributed by atoms with Gasteiger partial charge in [0, 0.05) is 25.3 Å². The van der Waals surface area contributed by atoms with Crippen molar-refractivity contribution in [2.75, 3.05) is 14.2 Å². The molecule has 0 radical (unpaired) electrons. The lowest BCUT2D eigenvalue weighted by molar-refractivity contribution is 0.171. The van der Waals surface area contributed by atoms with Crippen LogP contribution in [0.2, 0.25) is 11.1 Å². The van der Waals surface area contributed by atoms with Gasteiger partial charge in [-0.05, 0) is 37.2 Å². The zero-order valence-corrected chi connectivity index (χ0v) is 13.0. The molecule has 1 aromatic rings. The highest BCUT2D eigenvalue weighted by Crippen LogP contribution is 2.57. The molecule has 0 atom stereocenters. The maximum Gasteiger partial charge on any atom is 0.344 e. The number of benzene rings is 1. The van der Waals surface area contributed by atoms with Gasteiger partial charge >= 0.3 is 8.56 Å². The van der Waals surface area contributed by atoms with Crippen molar-refractivity contribution < 1.29 is 8.85 Å². The molecular weight excluding hydrogens is 252 g/mol. The molecule has 0 heterocycles. The number of hydrogen-bond donors (Lipinski definition) is 0. The zero-order valence-electron chi connectivity index (χ0n) is 12.0. The van der Waals surface area contributed by atoms with Crippen LogP contribution in [0, 0.1) is 0 Å². The van der Waals surface area contributed by atoms with Crippen molar-refractivity contribution in [3.63, 3.8) is 0 Å². The summed E-state index contributed by atoms with van der Waals surface area (Å²) in [5.74, 6) is 0.725.